The lowest BCUT2D eigenvalue weighted by molar-refractivity contribution is 0.0689. The van der Waals surface area contributed by atoms with Gasteiger partial charge in [0.05, 0.1) is 7.11 Å². The largest absolute Gasteiger partial charge is 0.480 e. The first-order valence-electron chi connectivity index (χ1n) is 2.99. The number of methoxy groups -OCH3 is 1. The predicted octanol–water partition coefficient (Wildman–Crippen LogP) is 0.425. The number of rotatable bonds is 2. The quantitative estimate of drug-likeness (QED) is 0.650. The fourth-order valence-corrected chi connectivity index (χ4v) is 0.788. The minimum Gasteiger partial charge on any atom is -0.480 e. The molecule has 0 amide bonds. The van der Waals surface area contributed by atoms with Crippen molar-refractivity contribution in [2.45, 2.75) is 6.92 Å². The zero-order valence-corrected chi connectivity index (χ0v) is 6.21. The molecule has 0 aliphatic rings. The average molecular weight is 156 g/mol. The van der Waals surface area contributed by atoms with Gasteiger partial charge in [-0.05, 0) is 6.92 Å². The zero-order valence-electron chi connectivity index (χ0n) is 6.21. The molecule has 0 radical (unpaired) electrons. The lowest BCUT2D eigenvalue weighted by Gasteiger charge is -1.92. The highest BCUT2D eigenvalue weighted by Gasteiger charge is 2.14. The van der Waals surface area contributed by atoms with Crippen molar-refractivity contribution in [2.24, 2.45) is 0 Å². The van der Waals surface area contributed by atoms with E-state index in [1.807, 2.05) is 0 Å². The highest BCUT2D eigenvalue weighted by atomic mass is 16.5. The Balaban J connectivity index is 3.10. The zero-order chi connectivity index (χ0) is 8.43. The molecule has 0 saturated carbocycles. The van der Waals surface area contributed by atoms with Crippen LogP contribution in [0, 0.1) is 6.92 Å². The van der Waals surface area contributed by atoms with Crippen LogP contribution in [0.5, 0.6) is 5.88 Å². The normalized spacial score (nSPS) is 9.64. The Morgan fingerprint density at radius 2 is 2.36 bits per heavy atom. The molecule has 11 heavy (non-hydrogen) atoms. The van der Waals surface area contributed by atoms with Gasteiger partial charge in [0.25, 0.3) is 0 Å². The van der Waals surface area contributed by atoms with Crippen LogP contribution in [0.15, 0.2) is 0 Å². The van der Waals surface area contributed by atoms with Gasteiger partial charge in [-0.25, -0.2) is 4.79 Å². The Kier molecular flexibility index (Phi) is 1.80. The summed E-state index contributed by atoms with van der Waals surface area (Å²) in [6, 6.07) is 0. The van der Waals surface area contributed by atoms with Crippen LogP contribution in [0.1, 0.15) is 16.1 Å². The maximum Gasteiger partial charge on any atom is 0.354 e. The third-order valence-corrected chi connectivity index (χ3v) is 1.37. The monoisotopic (exact) mass is 156 g/mol. The number of H-pyrrole nitrogens is 1. The van der Waals surface area contributed by atoms with Crippen LogP contribution in [0.25, 0.3) is 0 Å². The molecular formula is C6H8N2O3. The van der Waals surface area contributed by atoms with Gasteiger partial charge in [-0.2, -0.15) is 0 Å². The first kappa shape index (κ1) is 7.59. The first-order valence-corrected chi connectivity index (χ1v) is 2.99. The molecule has 0 fully saturated rings. The van der Waals surface area contributed by atoms with E-state index in [0.717, 1.165) is 0 Å². The molecule has 0 saturated heterocycles. The van der Waals surface area contributed by atoms with Gasteiger partial charge < -0.3 is 9.84 Å². The summed E-state index contributed by atoms with van der Waals surface area (Å²) in [6.45, 7) is 1.63. The molecule has 0 atom stereocenters. The van der Waals surface area contributed by atoms with Crippen LogP contribution in [-0.2, 0) is 0 Å². The summed E-state index contributed by atoms with van der Waals surface area (Å²) >= 11 is 0. The van der Waals surface area contributed by atoms with Crippen LogP contribution in [0.2, 0.25) is 0 Å². The fourth-order valence-electron chi connectivity index (χ4n) is 0.788. The summed E-state index contributed by atoms with van der Waals surface area (Å²) in [6.07, 6.45) is 0. The molecule has 5 heteroatoms. The molecule has 5 nitrogen and oxygen atoms in total. The number of ether oxygens (including phenoxy) is 1. The van der Waals surface area contributed by atoms with Crippen molar-refractivity contribution in [1.82, 2.24) is 10.2 Å². The van der Waals surface area contributed by atoms with E-state index in [-0.39, 0.29) is 5.69 Å². The molecule has 0 bridgehead atoms. The molecule has 0 unspecified atom stereocenters. The number of carboxylic acid groups (broad SMARTS) is 1. The topological polar surface area (TPSA) is 75.2 Å². The number of aromatic amines is 1. The molecule has 2 N–H and O–H groups in total. The summed E-state index contributed by atoms with van der Waals surface area (Å²) in [5, 5.41) is 14.5. The van der Waals surface area contributed by atoms with Crippen molar-refractivity contribution in [3.63, 3.8) is 0 Å². The number of nitrogens with one attached hydrogen (secondary N) is 1. The number of carbonyl (C=O) groups is 1. The maximum atomic E-state index is 10.4. The molecule has 0 aromatic carbocycles. The van der Waals surface area contributed by atoms with Crippen LogP contribution < -0.4 is 4.74 Å². The summed E-state index contributed by atoms with van der Waals surface area (Å²) in [4.78, 5) is 10.4. The summed E-state index contributed by atoms with van der Waals surface area (Å²) in [5.74, 6) is -0.708. The smallest absolute Gasteiger partial charge is 0.354 e. The van der Waals surface area contributed by atoms with Gasteiger partial charge in [-0.15, -0.1) is 5.10 Å². The maximum absolute atomic E-state index is 10.4. The molecule has 1 aromatic heterocycles. The van der Waals surface area contributed by atoms with Crippen LogP contribution >= 0.6 is 0 Å². The number of carboxylic acids is 1. The molecule has 1 aromatic rings. The van der Waals surface area contributed by atoms with E-state index in [9.17, 15) is 4.79 Å². The number of aromatic carboxylic acids is 1. The van der Waals surface area contributed by atoms with E-state index >= 15 is 0 Å². The van der Waals surface area contributed by atoms with E-state index in [1.165, 1.54) is 7.11 Å². The van der Waals surface area contributed by atoms with Gasteiger partial charge >= 0.3 is 5.97 Å². The Labute approximate surface area is 63.0 Å². The number of aromatic nitrogens is 2. The highest BCUT2D eigenvalue weighted by Crippen LogP contribution is 2.16. The minimum atomic E-state index is -1.03. The summed E-state index contributed by atoms with van der Waals surface area (Å²) in [5.41, 5.74) is 0.585. The Hall–Kier alpha value is -1.52. The molecule has 0 aliphatic carbocycles. The fraction of sp³-hybridized carbons (Fsp3) is 0.333. The van der Waals surface area contributed by atoms with E-state index < -0.39 is 5.97 Å². The Morgan fingerprint density at radius 1 is 1.73 bits per heavy atom. The van der Waals surface area contributed by atoms with Crippen molar-refractivity contribution in [3.8, 4) is 5.88 Å². The van der Waals surface area contributed by atoms with Crippen molar-refractivity contribution in [3.05, 3.63) is 11.3 Å². The summed E-state index contributed by atoms with van der Waals surface area (Å²) in [7, 11) is 1.44. The standard InChI is InChI=1S/C6H8N2O3/c1-3-4(6(9)10)7-8-5(3)11-2/h1-2H3,(H,7,8)(H,9,10). The SMILES string of the molecule is COc1n[nH]c(C(=O)O)c1C. The minimum absolute atomic E-state index is 0.0712. The van der Waals surface area contributed by atoms with Gasteiger partial charge in [-0.1, -0.05) is 0 Å². The Bertz CT molecular complexity index is 279. The Morgan fingerprint density at radius 3 is 2.64 bits per heavy atom. The van der Waals surface area contributed by atoms with Gasteiger partial charge in [0.2, 0.25) is 5.88 Å². The average Bonchev–Trinajstić information content (AvgIpc) is 2.30. The molecule has 60 valence electrons. The van der Waals surface area contributed by atoms with Crippen molar-refractivity contribution in [2.75, 3.05) is 7.11 Å². The van der Waals surface area contributed by atoms with E-state index in [1.54, 1.807) is 6.92 Å². The van der Waals surface area contributed by atoms with E-state index in [4.69, 9.17) is 9.84 Å². The van der Waals surface area contributed by atoms with Crippen LogP contribution in [0.3, 0.4) is 0 Å². The lowest BCUT2D eigenvalue weighted by atomic mass is 10.3. The first-order chi connectivity index (χ1) is 5.16. The third-order valence-electron chi connectivity index (χ3n) is 1.37. The number of hydrogen-bond donors (Lipinski definition) is 2. The van der Waals surface area contributed by atoms with E-state index in [2.05, 4.69) is 10.2 Å². The highest BCUT2D eigenvalue weighted by molar-refractivity contribution is 5.87. The predicted molar refractivity (Wildman–Crippen MR) is 36.8 cm³/mol. The molecule has 1 rings (SSSR count). The van der Waals surface area contributed by atoms with Gasteiger partial charge in [0, 0.05) is 5.56 Å². The number of nitrogens with zero attached hydrogens (tertiary/aromatic N) is 1. The lowest BCUT2D eigenvalue weighted by Crippen LogP contribution is -1.98. The summed E-state index contributed by atoms with van der Waals surface area (Å²) < 4.78 is 4.77. The molecule has 0 spiro atoms. The molecular weight excluding hydrogens is 148 g/mol. The van der Waals surface area contributed by atoms with E-state index in [0.29, 0.717) is 11.4 Å². The third kappa shape index (κ3) is 1.17. The van der Waals surface area contributed by atoms with Crippen molar-refractivity contribution in [1.29, 1.82) is 0 Å². The van der Waals surface area contributed by atoms with Crippen LogP contribution in [-0.4, -0.2) is 28.4 Å². The van der Waals surface area contributed by atoms with Crippen LogP contribution in [0.4, 0.5) is 0 Å². The van der Waals surface area contributed by atoms with Gasteiger partial charge in [0.1, 0.15) is 5.69 Å². The number of hydrogen-bond acceptors (Lipinski definition) is 3. The second-order valence-corrected chi connectivity index (χ2v) is 2.04. The van der Waals surface area contributed by atoms with Crippen molar-refractivity contribution < 1.29 is 14.6 Å². The molecule has 0 aliphatic heterocycles. The van der Waals surface area contributed by atoms with Crippen molar-refractivity contribution >= 4 is 5.97 Å². The second-order valence-electron chi connectivity index (χ2n) is 2.04. The molecule has 1 heterocycles. The van der Waals surface area contributed by atoms with Gasteiger partial charge in [-0.3, -0.25) is 5.10 Å². The van der Waals surface area contributed by atoms with Gasteiger partial charge in [0.15, 0.2) is 0 Å². The second kappa shape index (κ2) is 2.61.